The zero-order valence-corrected chi connectivity index (χ0v) is 24.4. The maximum atomic E-state index is 13.2. The van der Waals surface area contributed by atoms with Gasteiger partial charge in [-0.15, -0.1) is 0 Å². The normalized spacial score (nSPS) is 21.4. The fourth-order valence-corrected chi connectivity index (χ4v) is 5.84. The summed E-state index contributed by atoms with van der Waals surface area (Å²) >= 11 is 0. The highest BCUT2D eigenvalue weighted by molar-refractivity contribution is 6.49. The van der Waals surface area contributed by atoms with Gasteiger partial charge in [0.05, 0.1) is 29.7 Å². The molecule has 1 aliphatic carbocycles. The monoisotopic (exact) mass is 557 g/mol. The molecule has 2 saturated heterocycles. The summed E-state index contributed by atoms with van der Waals surface area (Å²) in [6, 6.07) is 6.09. The Labute approximate surface area is 243 Å². The van der Waals surface area contributed by atoms with Crippen LogP contribution < -0.4 is 10.7 Å². The second-order valence-corrected chi connectivity index (χ2v) is 11.1. The molecule has 0 spiro atoms. The van der Waals surface area contributed by atoms with Crippen molar-refractivity contribution in [2.45, 2.75) is 77.6 Å². The Morgan fingerprint density at radius 3 is 2.56 bits per heavy atom. The van der Waals surface area contributed by atoms with E-state index in [2.05, 4.69) is 53.8 Å². The summed E-state index contributed by atoms with van der Waals surface area (Å²) in [4.78, 5) is 27.1. The molecule has 2 fully saturated rings. The lowest BCUT2D eigenvalue weighted by Crippen LogP contribution is -2.35. The van der Waals surface area contributed by atoms with Gasteiger partial charge in [-0.2, -0.15) is 5.10 Å². The molecule has 0 aromatic carbocycles. The van der Waals surface area contributed by atoms with Crippen molar-refractivity contribution >= 4 is 22.9 Å². The smallest absolute Gasteiger partial charge is 0.276 e. The Morgan fingerprint density at radius 2 is 1.80 bits per heavy atom. The summed E-state index contributed by atoms with van der Waals surface area (Å²) in [5, 5.41) is 17.2. The molecule has 1 amide bonds. The van der Waals surface area contributed by atoms with Crippen molar-refractivity contribution in [2.75, 3.05) is 31.5 Å². The predicted octanol–water partition coefficient (Wildman–Crippen LogP) is 4.13. The van der Waals surface area contributed by atoms with Crippen molar-refractivity contribution in [1.29, 1.82) is 0 Å². The summed E-state index contributed by atoms with van der Waals surface area (Å²) < 4.78 is 0. The standard InChI is InChI=1S/C30H37N7O2.C2H6/c38-26-8-12-37(13-9-26)19-21-14-23(17-31-16-21)22-4-7-28-27(15-22)29(35-34-28)30(39)33-24-5-6-25(32-18-24)20-36-10-2-1-3-11-36;1-2/h4-6,14-18,26,28,34,38H,1-3,7-13,19-20H2,(H,33,39);1-2H3. The number of hydrazone groups is 1. The minimum atomic E-state index is -0.234. The highest BCUT2D eigenvalue weighted by atomic mass is 16.3. The Bertz CT molecular complexity index is 1270. The first kappa shape index (κ1) is 29.1. The van der Waals surface area contributed by atoms with Gasteiger partial charge in [0, 0.05) is 49.7 Å². The number of pyridine rings is 2. The van der Waals surface area contributed by atoms with Crippen molar-refractivity contribution < 1.29 is 9.90 Å². The summed E-state index contributed by atoms with van der Waals surface area (Å²) in [5.74, 6) is -0.234. The molecular weight excluding hydrogens is 514 g/mol. The molecule has 5 heterocycles. The van der Waals surface area contributed by atoms with Crippen LogP contribution in [0.1, 0.15) is 69.2 Å². The first-order valence-corrected chi connectivity index (χ1v) is 15.2. The number of likely N-dealkylation sites (tertiary alicyclic amines) is 2. The number of allylic oxidation sites excluding steroid dienone is 2. The van der Waals surface area contributed by atoms with Crippen LogP contribution in [-0.2, 0) is 17.9 Å². The molecule has 3 N–H and O–H groups in total. The van der Waals surface area contributed by atoms with E-state index in [1.54, 1.807) is 6.20 Å². The lowest BCUT2D eigenvalue weighted by Gasteiger charge is -2.29. The number of aliphatic hydroxyl groups is 1. The van der Waals surface area contributed by atoms with Crippen molar-refractivity contribution in [3.8, 4) is 0 Å². The maximum Gasteiger partial charge on any atom is 0.276 e. The van der Waals surface area contributed by atoms with Gasteiger partial charge in [-0.1, -0.05) is 26.3 Å². The number of hydrogen-bond acceptors (Lipinski definition) is 8. The fourth-order valence-electron chi connectivity index (χ4n) is 5.84. The maximum absolute atomic E-state index is 13.2. The summed E-state index contributed by atoms with van der Waals surface area (Å²) in [5.41, 5.74) is 9.37. The van der Waals surface area contributed by atoms with Crippen LogP contribution in [0.25, 0.3) is 5.57 Å². The SMILES string of the molecule is CC.O=C(Nc1ccc(CN2CCCCC2)nc1)C1=NNC2CC=C(c3cncc(CN4CCC(O)CC4)c3)C=C12. The highest BCUT2D eigenvalue weighted by Crippen LogP contribution is 2.29. The molecule has 1 unspecified atom stereocenters. The molecule has 41 heavy (non-hydrogen) atoms. The number of nitrogens with one attached hydrogen (secondary N) is 2. The van der Waals surface area contributed by atoms with Gasteiger partial charge in [0.25, 0.3) is 5.91 Å². The third kappa shape index (κ3) is 7.47. The topological polar surface area (TPSA) is 106 Å². The van der Waals surface area contributed by atoms with Crippen LogP contribution >= 0.6 is 0 Å². The van der Waals surface area contributed by atoms with Crippen molar-refractivity contribution in [1.82, 2.24) is 25.2 Å². The van der Waals surface area contributed by atoms with Crippen LogP contribution in [-0.4, -0.2) is 74.8 Å². The molecule has 2 aromatic rings. The Morgan fingerprint density at radius 1 is 1.02 bits per heavy atom. The van der Waals surface area contributed by atoms with E-state index in [1.165, 1.54) is 19.3 Å². The molecule has 0 bridgehead atoms. The lowest BCUT2D eigenvalue weighted by atomic mass is 9.89. The number of piperidine rings is 2. The summed E-state index contributed by atoms with van der Waals surface area (Å²) in [6.07, 6.45) is 15.8. The minimum Gasteiger partial charge on any atom is -0.393 e. The van der Waals surface area contributed by atoms with Gasteiger partial charge in [-0.25, -0.2) is 0 Å². The average Bonchev–Trinajstić information content (AvgIpc) is 3.45. The second kappa shape index (κ2) is 14.0. The third-order valence-electron chi connectivity index (χ3n) is 8.09. The molecule has 9 nitrogen and oxygen atoms in total. The number of aromatic nitrogens is 2. The number of carbonyl (C=O) groups excluding carboxylic acids is 1. The van der Waals surface area contributed by atoms with Crippen molar-refractivity contribution in [3.05, 3.63) is 71.3 Å². The molecule has 2 aromatic heterocycles. The fraction of sp³-hybridized carbons (Fsp3) is 0.500. The molecule has 9 heteroatoms. The molecule has 0 radical (unpaired) electrons. The van der Waals surface area contributed by atoms with Crippen molar-refractivity contribution in [2.24, 2.45) is 5.10 Å². The molecule has 0 saturated carbocycles. The van der Waals surface area contributed by atoms with Gasteiger partial charge >= 0.3 is 0 Å². The van der Waals surface area contributed by atoms with Crippen LogP contribution in [0.3, 0.4) is 0 Å². The molecule has 6 rings (SSSR count). The zero-order valence-electron chi connectivity index (χ0n) is 24.4. The van der Waals surface area contributed by atoms with E-state index < -0.39 is 0 Å². The van der Waals surface area contributed by atoms with Gasteiger partial charge < -0.3 is 15.8 Å². The number of aliphatic hydroxyl groups excluding tert-OH is 1. The number of carbonyl (C=O) groups is 1. The molecule has 1 atom stereocenters. The van der Waals surface area contributed by atoms with E-state index in [0.717, 1.165) is 86.5 Å². The van der Waals surface area contributed by atoms with Gasteiger partial charge in [-0.3, -0.25) is 24.6 Å². The number of hydrogen-bond donors (Lipinski definition) is 3. The Balaban J connectivity index is 0.00000165. The largest absolute Gasteiger partial charge is 0.393 e. The highest BCUT2D eigenvalue weighted by Gasteiger charge is 2.31. The summed E-state index contributed by atoms with van der Waals surface area (Å²) in [7, 11) is 0. The third-order valence-corrected chi connectivity index (χ3v) is 8.09. The number of fused-ring (bicyclic) bond motifs is 1. The van der Waals surface area contributed by atoms with Gasteiger partial charge in [0.1, 0.15) is 0 Å². The second-order valence-electron chi connectivity index (χ2n) is 11.1. The zero-order chi connectivity index (χ0) is 28.6. The summed E-state index contributed by atoms with van der Waals surface area (Å²) in [6.45, 7) is 9.73. The van der Waals surface area contributed by atoms with E-state index in [-0.39, 0.29) is 18.1 Å². The number of nitrogens with zero attached hydrogens (tertiary/aromatic N) is 5. The van der Waals surface area contributed by atoms with Gasteiger partial charge in [0.2, 0.25) is 0 Å². The van der Waals surface area contributed by atoms with Crippen LogP contribution in [0.5, 0.6) is 0 Å². The number of amides is 1. The molecule has 4 aliphatic rings. The minimum absolute atomic E-state index is 0.00420. The van der Waals surface area contributed by atoms with Gasteiger partial charge in [0.15, 0.2) is 5.71 Å². The van der Waals surface area contributed by atoms with Crippen LogP contribution in [0.15, 0.2) is 59.6 Å². The van der Waals surface area contributed by atoms with Crippen LogP contribution in [0.4, 0.5) is 5.69 Å². The number of rotatable bonds is 7. The predicted molar refractivity (Wildman–Crippen MR) is 163 cm³/mol. The van der Waals surface area contributed by atoms with E-state index in [9.17, 15) is 9.90 Å². The quantitative estimate of drug-likeness (QED) is 0.470. The average molecular weight is 558 g/mol. The molecule has 3 aliphatic heterocycles. The first-order chi connectivity index (χ1) is 20.1. The molecule has 218 valence electrons. The van der Waals surface area contributed by atoms with Crippen LogP contribution in [0, 0.1) is 0 Å². The molecular formula is C32H43N7O2. The van der Waals surface area contributed by atoms with E-state index >= 15 is 0 Å². The van der Waals surface area contributed by atoms with E-state index in [4.69, 9.17) is 0 Å². The Hall–Kier alpha value is -3.40. The van der Waals surface area contributed by atoms with E-state index in [0.29, 0.717) is 11.4 Å². The van der Waals surface area contributed by atoms with Crippen LogP contribution in [0.2, 0.25) is 0 Å². The van der Waals surface area contributed by atoms with E-state index in [1.807, 2.05) is 38.4 Å². The van der Waals surface area contributed by atoms with Gasteiger partial charge in [-0.05, 0) is 80.6 Å². The Kier molecular flexibility index (Phi) is 9.92. The number of anilines is 1. The lowest BCUT2D eigenvalue weighted by molar-refractivity contribution is -0.110. The van der Waals surface area contributed by atoms with Crippen molar-refractivity contribution in [3.63, 3.8) is 0 Å². The first-order valence-electron chi connectivity index (χ1n) is 15.2.